The lowest BCUT2D eigenvalue weighted by Crippen LogP contribution is -2.30. The quantitative estimate of drug-likeness (QED) is 0.325. The predicted octanol–water partition coefficient (Wildman–Crippen LogP) is 10.7. The average molecular weight is 536 g/mol. The first-order valence-electron chi connectivity index (χ1n) is 14.6. The van der Waals surface area contributed by atoms with Gasteiger partial charge in [-0.15, -0.1) is 0 Å². The van der Waals surface area contributed by atoms with Crippen LogP contribution < -0.4 is 0 Å². The molecule has 1 aliphatic heterocycles. The maximum absolute atomic E-state index is 10.2. The van der Waals surface area contributed by atoms with Crippen molar-refractivity contribution < 1.29 is 5.11 Å². The zero-order chi connectivity index (χ0) is 29.6. The largest absolute Gasteiger partial charge is 0.508 e. The van der Waals surface area contributed by atoms with Crippen molar-refractivity contribution in [3.63, 3.8) is 0 Å². The lowest BCUT2D eigenvalue weighted by molar-refractivity contribution is 0.345. The van der Waals surface area contributed by atoms with Gasteiger partial charge in [0, 0.05) is 29.4 Å². The molecule has 0 fully saturated rings. The van der Waals surface area contributed by atoms with Crippen LogP contribution in [0.1, 0.15) is 87.8 Å². The monoisotopic (exact) mass is 535 g/mol. The fourth-order valence-electron chi connectivity index (χ4n) is 4.76. The van der Waals surface area contributed by atoms with Gasteiger partial charge < -0.3 is 10.0 Å². The van der Waals surface area contributed by atoms with Gasteiger partial charge in [-0.05, 0) is 89.3 Å². The van der Waals surface area contributed by atoms with Gasteiger partial charge in [0.2, 0.25) is 0 Å². The SMILES string of the molecule is C=C(CC(C1=Cc2cc(O)ccc2C(=C)N1Cc1ccccc1)C(C)C)c1ccc(C)c(C)c1.CCC(C)(C)C. The first kappa shape index (κ1) is 31.0. The molecule has 0 aromatic heterocycles. The Morgan fingerprint density at radius 2 is 1.57 bits per heavy atom. The Kier molecular flexibility index (Phi) is 10.3. The molecule has 0 aliphatic carbocycles. The molecule has 0 spiro atoms. The van der Waals surface area contributed by atoms with E-state index in [2.05, 4.69) is 122 Å². The van der Waals surface area contributed by atoms with Crippen molar-refractivity contribution in [1.82, 2.24) is 4.90 Å². The van der Waals surface area contributed by atoms with Gasteiger partial charge in [-0.25, -0.2) is 0 Å². The molecule has 1 unspecified atom stereocenters. The smallest absolute Gasteiger partial charge is 0.116 e. The van der Waals surface area contributed by atoms with Crippen LogP contribution in [0.15, 0.2) is 85.6 Å². The third-order valence-corrected chi connectivity index (χ3v) is 8.10. The molecule has 3 aromatic rings. The summed E-state index contributed by atoms with van der Waals surface area (Å²) in [4.78, 5) is 2.35. The molecular weight excluding hydrogens is 486 g/mol. The first-order chi connectivity index (χ1) is 18.8. The number of aryl methyl sites for hydroxylation is 2. The van der Waals surface area contributed by atoms with Gasteiger partial charge in [0.1, 0.15) is 5.75 Å². The Hall–Kier alpha value is -3.52. The van der Waals surface area contributed by atoms with Gasteiger partial charge in [0.25, 0.3) is 0 Å². The molecular formula is C38H49NO. The zero-order valence-corrected chi connectivity index (χ0v) is 26.0. The number of nitrogens with zero attached hydrogens (tertiary/aromatic N) is 1. The number of phenolic OH excluding ortho intramolecular Hbond substituents is 1. The minimum atomic E-state index is 0.255. The molecule has 0 bridgehead atoms. The Morgan fingerprint density at radius 1 is 0.925 bits per heavy atom. The van der Waals surface area contributed by atoms with Crippen LogP contribution in [-0.2, 0) is 6.54 Å². The first-order valence-corrected chi connectivity index (χ1v) is 14.6. The molecule has 0 radical (unpaired) electrons. The van der Waals surface area contributed by atoms with Crippen molar-refractivity contribution in [1.29, 1.82) is 0 Å². The maximum atomic E-state index is 10.2. The van der Waals surface area contributed by atoms with E-state index < -0.39 is 0 Å². The standard InChI is InChI=1S/C32H35NO.C6H14/c1-21(2)31(17-24(5)27-13-12-22(3)23(4)16-27)32-19-28-18-29(34)14-15-30(28)25(6)33(32)20-26-10-8-7-9-11-26;1-5-6(2,3)4/h7-16,18-19,21,31,34H,5-6,17,20H2,1-4H3;5H2,1-4H3. The van der Waals surface area contributed by atoms with Gasteiger partial charge >= 0.3 is 0 Å². The summed E-state index contributed by atoms with van der Waals surface area (Å²) in [7, 11) is 0. The molecule has 2 heteroatoms. The van der Waals surface area contributed by atoms with E-state index in [-0.39, 0.29) is 11.7 Å². The normalized spacial score (nSPS) is 13.8. The fourth-order valence-corrected chi connectivity index (χ4v) is 4.76. The van der Waals surface area contributed by atoms with Crippen molar-refractivity contribution in [3.8, 4) is 5.75 Å². The van der Waals surface area contributed by atoms with Gasteiger partial charge in [0.15, 0.2) is 0 Å². The fraction of sp³-hybridized carbons (Fsp3) is 0.368. The molecule has 2 nitrogen and oxygen atoms in total. The van der Waals surface area contributed by atoms with Crippen LogP contribution in [0.5, 0.6) is 5.75 Å². The summed E-state index contributed by atoms with van der Waals surface area (Å²) < 4.78 is 0. The van der Waals surface area contributed by atoms with E-state index in [0.29, 0.717) is 11.3 Å². The van der Waals surface area contributed by atoms with Crippen molar-refractivity contribution in [3.05, 3.63) is 119 Å². The molecule has 0 amide bonds. The van der Waals surface area contributed by atoms with Crippen LogP contribution in [0.4, 0.5) is 0 Å². The average Bonchev–Trinajstić information content (AvgIpc) is 2.90. The van der Waals surface area contributed by atoms with Crippen molar-refractivity contribution in [2.75, 3.05) is 0 Å². The van der Waals surface area contributed by atoms with E-state index >= 15 is 0 Å². The molecule has 212 valence electrons. The van der Waals surface area contributed by atoms with Gasteiger partial charge in [-0.2, -0.15) is 0 Å². The Labute approximate surface area is 243 Å². The Bertz CT molecular complexity index is 1350. The molecule has 1 atom stereocenters. The van der Waals surface area contributed by atoms with Crippen LogP contribution >= 0.6 is 0 Å². The van der Waals surface area contributed by atoms with E-state index in [4.69, 9.17) is 0 Å². The highest BCUT2D eigenvalue weighted by molar-refractivity contribution is 5.80. The number of hydrogen-bond acceptors (Lipinski definition) is 2. The van der Waals surface area contributed by atoms with E-state index in [9.17, 15) is 5.11 Å². The minimum Gasteiger partial charge on any atom is -0.508 e. The number of hydrogen-bond donors (Lipinski definition) is 1. The van der Waals surface area contributed by atoms with Crippen LogP contribution in [0.3, 0.4) is 0 Å². The molecule has 0 saturated carbocycles. The molecule has 0 saturated heterocycles. The number of aromatic hydroxyl groups is 1. The molecule has 4 rings (SSSR count). The van der Waals surface area contributed by atoms with Crippen LogP contribution in [0.2, 0.25) is 0 Å². The summed E-state index contributed by atoms with van der Waals surface area (Å²) >= 11 is 0. The van der Waals surface area contributed by atoms with Crippen molar-refractivity contribution in [2.45, 2.75) is 74.8 Å². The third-order valence-electron chi connectivity index (χ3n) is 8.10. The molecule has 3 aromatic carbocycles. The van der Waals surface area contributed by atoms with Crippen LogP contribution in [0, 0.1) is 31.1 Å². The van der Waals surface area contributed by atoms with E-state index in [1.807, 2.05) is 18.2 Å². The lowest BCUT2D eigenvalue weighted by atomic mass is 9.81. The Morgan fingerprint density at radius 3 is 2.15 bits per heavy atom. The molecule has 40 heavy (non-hydrogen) atoms. The van der Waals surface area contributed by atoms with Gasteiger partial charge in [-0.1, -0.05) is 110 Å². The van der Waals surface area contributed by atoms with E-state index in [0.717, 1.165) is 35.4 Å². The van der Waals surface area contributed by atoms with Crippen LogP contribution in [-0.4, -0.2) is 10.0 Å². The van der Waals surface area contributed by atoms with Crippen molar-refractivity contribution in [2.24, 2.45) is 17.3 Å². The highest BCUT2D eigenvalue weighted by Gasteiger charge is 2.30. The van der Waals surface area contributed by atoms with Crippen molar-refractivity contribution >= 4 is 17.3 Å². The predicted molar refractivity (Wildman–Crippen MR) is 175 cm³/mol. The summed E-state index contributed by atoms with van der Waals surface area (Å²) in [5, 5.41) is 10.2. The molecule has 1 aliphatic rings. The van der Waals surface area contributed by atoms with Gasteiger partial charge in [0.05, 0.1) is 0 Å². The summed E-state index contributed by atoms with van der Waals surface area (Å²) in [6.07, 6.45) is 4.37. The minimum absolute atomic E-state index is 0.255. The van der Waals surface area contributed by atoms with Gasteiger partial charge in [-0.3, -0.25) is 0 Å². The van der Waals surface area contributed by atoms with E-state index in [1.54, 1.807) is 6.07 Å². The number of rotatable bonds is 7. The topological polar surface area (TPSA) is 23.5 Å². The Balaban J connectivity index is 0.000000663. The van der Waals surface area contributed by atoms with E-state index in [1.165, 1.54) is 34.4 Å². The number of fused-ring (bicyclic) bond motifs is 1. The number of phenols is 1. The highest BCUT2D eigenvalue weighted by atomic mass is 16.3. The summed E-state index contributed by atoms with van der Waals surface area (Å²) in [6, 6.07) is 22.7. The maximum Gasteiger partial charge on any atom is 0.116 e. The number of allylic oxidation sites excluding steroid dienone is 2. The highest BCUT2D eigenvalue weighted by Crippen LogP contribution is 2.42. The van der Waals surface area contributed by atoms with Crippen LogP contribution in [0.25, 0.3) is 17.3 Å². The zero-order valence-electron chi connectivity index (χ0n) is 26.0. The second kappa shape index (κ2) is 13.2. The molecule has 1 heterocycles. The third kappa shape index (κ3) is 8.01. The summed E-state index contributed by atoms with van der Waals surface area (Å²) in [6.45, 7) is 27.5. The lowest BCUT2D eigenvalue weighted by Gasteiger charge is -2.39. The second-order valence-corrected chi connectivity index (χ2v) is 12.7. The summed E-state index contributed by atoms with van der Waals surface area (Å²) in [5.74, 6) is 0.934. The summed E-state index contributed by atoms with van der Waals surface area (Å²) in [5.41, 5.74) is 11.0. The molecule has 1 N–H and O–H groups in total. The second-order valence-electron chi connectivity index (χ2n) is 12.7. The number of benzene rings is 3.